The monoisotopic (exact) mass is 160 g/mol. The maximum absolute atomic E-state index is 11.4. The molecule has 0 amide bonds. The summed E-state index contributed by atoms with van der Waals surface area (Å²) in [6, 6.07) is 0. The first kappa shape index (κ1) is 8.25. The van der Waals surface area contributed by atoms with Gasteiger partial charge in [-0.3, -0.25) is 4.21 Å². The van der Waals surface area contributed by atoms with E-state index in [1.54, 1.807) is 0 Å². The summed E-state index contributed by atoms with van der Waals surface area (Å²) in [5.74, 6) is 0.921. The van der Waals surface area contributed by atoms with Gasteiger partial charge >= 0.3 is 0 Å². The van der Waals surface area contributed by atoms with Crippen LogP contribution in [0.2, 0.25) is 0 Å². The Labute approximate surface area is 65.7 Å². The summed E-state index contributed by atoms with van der Waals surface area (Å²) in [4.78, 5) is 0. The molecule has 1 saturated carbocycles. The summed E-state index contributed by atoms with van der Waals surface area (Å²) in [6.45, 7) is 2.10. The van der Waals surface area contributed by atoms with Crippen LogP contribution >= 0.6 is 0 Å². The van der Waals surface area contributed by atoms with E-state index in [1.165, 1.54) is 25.7 Å². The van der Waals surface area contributed by atoms with Gasteiger partial charge in [-0.05, 0) is 19.3 Å². The normalized spacial score (nSPS) is 23.3. The predicted molar refractivity (Wildman–Crippen MR) is 45.6 cm³/mol. The molecule has 0 N–H and O–H groups in total. The first-order chi connectivity index (χ1) is 4.84. The van der Waals surface area contributed by atoms with Crippen LogP contribution in [0.5, 0.6) is 0 Å². The van der Waals surface area contributed by atoms with Gasteiger partial charge in [0, 0.05) is 21.8 Å². The fourth-order valence-corrected chi connectivity index (χ4v) is 3.11. The lowest BCUT2D eigenvalue weighted by molar-refractivity contribution is 0.668. The van der Waals surface area contributed by atoms with Gasteiger partial charge in [0.15, 0.2) is 0 Å². The van der Waals surface area contributed by atoms with Crippen molar-refractivity contribution in [2.24, 2.45) is 0 Å². The molecule has 0 bridgehead atoms. The molecule has 1 aliphatic rings. The standard InChI is InChI=1S/C8H16OS/c1-2-7-10(9)8-5-3-4-6-8/h8H,2-7H2,1H3/t10-/m0/s1. The summed E-state index contributed by atoms with van der Waals surface area (Å²) in [7, 11) is -0.495. The van der Waals surface area contributed by atoms with E-state index in [4.69, 9.17) is 0 Å². The minimum absolute atomic E-state index is 0.495. The van der Waals surface area contributed by atoms with Crippen molar-refractivity contribution in [3.8, 4) is 0 Å². The van der Waals surface area contributed by atoms with Crippen molar-refractivity contribution in [3.63, 3.8) is 0 Å². The molecule has 0 aromatic rings. The largest absolute Gasteiger partial charge is 0.259 e. The van der Waals surface area contributed by atoms with E-state index in [9.17, 15) is 4.21 Å². The predicted octanol–water partition coefficient (Wildman–Crippen LogP) is 2.09. The van der Waals surface area contributed by atoms with Crippen molar-refractivity contribution in [1.29, 1.82) is 0 Å². The van der Waals surface area contributed by atoms with Crippen LogP contribution in [-0.2, 0) is 10.8 Å². The molecule has 0 unspecified atom stereocenters. The van der Waals surface area contributed by atoms with Gasteiger partial charge in [0.2, 0.25) is 0 Å². The lowest BCUT2D eigenvalue weighted by Gasteiger charge is -2.06. The summed E-state index contributed by atoms with van der Waals surface area (Å²) in [5.41, 5.74) is 0. The van der Waals surface area contributed by atoms with Crippen molar-refractivity contribution < 1.29 is 4.21 Å². The third kappa shape index (κ3) is 2.08. The van der Waals surface area contributed by atoms with E-state index >= 15 is 0 Å². The van der Waals surface area contributed by atoms with E-state index < -0.39 is 10.8 Å². The molecular weight excluding hydrogens is 144 g/mol. The SMILES string of the molecule is CCC[S@](=O)C1CCCC1. The van der Waals surface area contributed by atoms with Crippen LogP contribution in [0.1, 0.15) is 39.0 Å². The lowest BCUT2D eigenvalue weighted by atomic mass is 10.4. The van der Waals surface area contributed by atoms with E-state index in [0.717, 1.165) is 12.2 Å². The van der Waals surface area contributed by atoms with Gasteiger partial charge in [-0.25, -0.2) is 0 Å². The Morgan fingerprint density at radius 2 is 2.00 bits per heavy atom. The minimum atomic E-state index is -0.495. The molecule has 1 aliphatic carbocycles. The van der Waals surface area contributed by atoms with Gasteiger partial charge in [-0.15, -0.1) is 0 Å². The van der Waals surface area contributed by atoms with Crippen LogP contribution < -0.4 is 0 Å². The molecule has 1 atom stereocenters. The fraction of sp³-hybridized carbons (Fsp3) is 1.00. The quantitative estimate of drug-likeness (QED) is 0.618. The van der Waals surface area contributed by atoms with Crippen LogP contribution in [0.4, 0.5) is 0 Å². The van der Waals surface area contributed by atoms with Crippen LogP contribution in [0.15, 0.2) is 0 Å². The minimum Gasteiger partial charge on any atom is -0.259 e. The smallest absolute Gasteiger partial charge is 0.0348 e. The van der Waals surface area contributed by atoms with Gasteiger partial charge in [0.25, 0.3) is 0 Å². The third-order valence-corrected chi connectivity index (χ3v) is 4.10. The highest BCUT2D eigenvalue weighted by molar-refractivity contribution is 7.85. The van der Waals surface area contributed by atoms with E-state index in [0.29, 0.717) is 5.25 Å². The number of rotatable bonds is 3. The van der Waals surface area contributed by atoms with Gasteiger partial charge < -0.3 is 0 Å². The second-order valence-electron chi connectivity index (χ2n) is 2.99. The molecule has 0 radical (unpaired) electrons. The van der Waals surface area contributed by atoms with Gasteiger partial charge in [-0.1, -0.05) is 19.8 Å². The van der Waals surface area contributed by atoms with Crippen LogP contribution in [0, 0.1) is 0 Å². The molecule has 2 heteroatoms. The van der Waals surface area contributed by atoms with Crippen molar-refractivity contribution >= 4 is 10.8 Å². The second-order valence-corrected chi connectivity index (χ2v) is 4.83. The number of hydrogen-bond donors (Lipinski definition) is 0. The molecule has 1 nitrogen and oxygen atoms in total. The Kier molecular flexibility index (Phi) is 3.40. The molecule has 60 valence electrons. The molecule has 0 heterocycles. The number of hydrogen-bond acceptors (Lipinski definition) is 1. The fourth-order valence-electron chi connectivity index (χ4n) is 1.52. The van der Waals surface area contributed by atoms with Crippen molar-refractivity contribution in [1.82, 2.24) is 0 Å². The molecular formula is C8H16OS. The Hall–Kier alpha value is 0.150. The van der Waals surface area contributed by atoms with Gasteiger partial charge in [0.05, 0.1) is 0 Å². The van der Waals surface area contributed by atoms with E-state index in [-0.39, 0.29) is 0 Å². The molecule has 0 aromatic heterocycles. The highest BCUT2D eigenvalue weighted by atomic mass is 32.2. The molecule has 0 spiro atoms. The molecule has 0 aliphatic heterocycles. The topological polar surface area (TPSA) is 17.1 Å². The van der Waals surface area contributed by atoms with E-state index in [2.05, 4.69) is 6.92 Å². The Morgan fingerprint density at radius 3 is 2.50 bits per heavy atom. The maximum Gasteiger partial charge on any atom is 0.0348 e. The Morgan fingerprint density at radius 1 is 1.40 bits per heavy atom. The van der Waals surface area contributed by atoms with Gasteiger partial charge in [-0.2, -0.15) is 0 Å². The Bertz CT molecular complexity index is 116. The van der Waals surface area contributed by atoms with Crippen molar-refractivity contribution in [3.05, 3.63) is 0 Å². The maximum atomic E-state index is 11.4. The zero-order valence-corrected chi connectivity index (χ0v) is 7.45. The van der Waals surface area contributed by atoms with E-state index in [1.807, 2.05) is 0 Å². The Balaban J connectivity index is 2.25. The molecule has 0 aromatic carbocycles. The third-order valence-electron chi connectivity index (χ3n) is 2.08. The summed E-state index contributed by atoms with van der Waals surface area (Å²) < 4.78 is 11.4. The summed E-state index contributed by atoms with van der Waals surface area (Å²) in [6.07, 6.45) is 6.11. The molecule has 1 rings (SSSR count). The average molecular weight is 160 g/mol. The van der Waals surface area contributed by atoms with Crippen LogP contribution in [0.3, 0.4) is 0 Å². The van der Waals surface area contributed by atoms with Crippen LogP contribution in [0.25, 0.3) is 0 Å². The highest BCUT2D eigenvalue weighted by Crippen LogP contribution is 2.22. The van der Waals surface area contributed by atoms with Gasteiger partial charge in [0.1, 0.15) is 0 Å². The average Bonchev–Trinajstić information content (AvgIpc) is 2.38. The highest BCUT2D eigenvalue weighted by Gasteiger charge is 2.19. The van der Waals surface area contributed by atoms with Crippen molar-refractivity contribution in [2.75, 3.05) is 5.75 Å². The lowest BCUT2D eigenvalue weighted by Crippen LogP contribution is -2.12. The first-order valence-electron chi connectivity index (χ1n) is 4.21. The zero-order valence-electron chi connectivity index (χ0n) is 6.64. The second kappa shape index (κ2) is 4.12. The summed E-state index contributed by atoms with van der Waals surface area (Å²) >= 11 is 0. The zero-order chi connectivity index (χ0) is 7.40. The summed E-state index contributed by atoms with van der Waals surface area (Å²) in [5, 5.41) is 0.556. The van der Waals surface area contributed by atoms with Crippen LogP contribution in [-0.4, -0.2) is 15.2 Å². The molecule has 10 heavy (non-hydrogen) atoms. The van der Waals surface area contributed by atoms with Crippen molar-refractivity contribution in [2.45, 2.75) is 44.3 Å². The molecule has 1 fully saturated rings. The first-order valence-corrected chi connectivity index (χ1v) is 5.60. The molecule has 0 saturated heterocycles.